The average molecular weight is 263 g/mol. The van der Waals surface area contributed by atoms with Gasteiger partial charge in [-0.2, -0.15) is 0 Å². The molecule has 4 nitrogen and oxygen atoms in total. The van der Waals surface area contributed by atoms with E-state index in [0.29, 0.717) is 11.3 Å². The van der Waals surface area contributed by atoms with E-state index in [1.807, 2.05) is 6.92 Å². The number of ether oxygens (including phenoxy) is 1. The van der Waals surface area contributed by atoms with E-state index in [9.17, 15) is 0 Å². The van der Waals surface area contributed by atoms with Crippen LogP contribution in [0.5, 0.6) is 0 Å². The van der Waals surface area contributed by atoms with Crippen molar-refractivity contribution in [3.05, 3.63) is 17.5 Å². The maximum atomic E-state index is 5.18. The maximum Gasteiger partial charge on any atom is 0.223 e. The average Bonchev–Trinajstić information content (AvgIpc) is 3.14. The summed E-state index contributed by atoms with van der Waals surface area (Å²) in [6, 6.07) is 2.06. The van der Waals surface area contributed by atoms with Crippen molar-refractivity contribution in [3.8, 4) is 0 Å². The molecule has 1 aromatic heterocycles. The largest absolute Gasteiger partial charge is 0.385 e. The second kappa shape index (κ2) is 5.87. The Morgan fingerprint density at radius 1 is 1.37 bits per heavy atom. The number of hydrogen-bond donors (Lipinski definition) is 1. The second-order valence-electron chi connectivity index (χ2n) is 6.01. The fraction of sp³-hybridized carbons (Fsp3) is 0.733. The first kappa shape index (κ1) is 14.3. The molecule has 0 radical (unpaired) electrons. The molecule has 1 fully saturated rings. The quantitative estimate of drug-likeness (QED) is 0.821. The van der Waals surface area contributed by atoms with Crippen molar-refractivity contribution in [2.45, 2.75) is 46.0 Å². The second-order valence-corrected chi connectivity index (χ2v) is 6.01. The van der Waals surface area contributed by atoms with Gasteiger partial charge in [0.2, 0.25) is 5.95 Å². The molecule has 0 bridgehead atoms. The van der Waals surface area contributed by atoms with Gasteiger partial charge in [-0.15, -0.1) is 0 Å². The van der Waals surface area contributed by atoms with E-state index in [4.69, 9.17) is 4.74 Å². The van der Waals surface area contributed by atoms with Crippen LogP contribution in [0.2, 0.25) is 0 Å². The van der Waals surface area contributed by atoms with Gasteiger partial charge >= 0.3 is 0 Å². The zero-order valence-corrected chi connectivity index (χ0v) is 12.5. The lowest BCUT2D eigenvalue weighted by atomic mass is 10.0. The number of anilines is 1. The molecule has 106 valence electrons. The Bertz CT molecular complexity index is 427. The highest BCUT2D eigenvalue weighted by Gasteiger charge is 2.41. The molecule has 1 aromatic rings. The van der Waals surface area contributed by atoms with Gasteiger partial charge < -0.3 is 10.1 Å². The van der Waals surface area contributed by atoms with E-state index in [-0.39, 0.29) is 0 Å². The molecule has 0 aliphatic heterocycles. The van der Waals surface area contributed by atoms with Gasteiger partial charge in [-0.1, -0.05) is 13.8 Å². The van der Waals surface area contributed by atoms with E-state index in [1.165, 1.54) is 12.8 Å². The summed E-state index contributed by atoms with van der Waals surface area (Å²) in [6.45, 7) is 8.14. The number of rotatable bonds is 7. The Hall–Kier alpha value is -1.16. The summed E-state index contributed by atoms with van der Waals surface area (Å²) in [6.07, 6.45) is 3.69. The molecular weight excluding hydrogens is 238 g/mol. The van der Waals surface area contributed by atoms with Crippen LogP contribution in [-0.2, 0) is 4.74 Å². The van der Waals surface area contributed by atoms with Gasteiger partial charge in [-0.3, -0.25) is 0 Å². The molecule has 1 N–H and O–H groups in total. The molecule has 1 aliphatic rings. The van der Waals surface area contributed by atoms with Gasteiger partial charge in [0, 0.05) is 31.6 Å². The van der Waals surface area contributed by atoms with Crippen LogP contribution in [0.4, 0.5) is 5.95 Å². The molecule has 0 saturated heterocycles. The van der Waals surface area contributed by atoms with Crippen molar-refractivity contribution in [2.24, 2.45) is 5.41 Å². The van der Waals surface area contributed by atoms with Gasteiger partial charge in [-0.05, 0) is 43.6 Å². The Kier molecular flexibility index (Phi) is 4.40. The van der Waals surface area contributed by atoms with Crippen LogP contribution in [-0.4, -0.2) is 30.2 Å². The fourth-order valence-corrected chi connectivity index (χ4v) is 2.24. The topological polar surface area (TPSA) is 47.0 Å². The zero-order chi connectivity index (χ0) is 13.9. The summed E-state index contributed by atoms with van der Waals surface area (Å²) < 4.78 is 5.18. The highest BCUT2D eigenvalue weighted by Crippen LogP contribution is 2.48. The van der Waals surface area contributed by atoms with E-state index in [2.05, 4.69) is 35.2 Å². The Morgan fingerprint density at radius 2 is 2.11 bits per heavy atom. The molecule has 1 saturated carbocycles. The highest BCUT2D eigenvalue weighted by molar-refractivity contribution is 5.30. The first-order valence-corrected chi connectivity index (χ1v) is 7.13. The number of aryl methyl sites for hydroxylation is 1. The van der Waals surface area contributed by atoms with Gasteiger partial charge in [0.05, 0.1) is 0 Å². The SMILES string of the molecule is COCCC1(CNc2nc(C)cc(C(C)C)n2)CC1. The molecule has 2 rings (SSSR count). The molecule has 0 amide bonds. The third-order valence-corrected chi connectivity index (χ3v) is 3.88. The van der Waals surface area contributed by atoms with Crippen molar-refractivity contribution in [3.63, 3.8) is 0 Å². The van der Waals surface area contributed by atoms with Gasteiger partial charge in [-0.25, -0.2) is 9.97 Å². The summed E-state index contributed by atoms with van der Waals surface area (Å²) in [5.41, 5.74) is 2.56. The van der Waals surface area contributed by atoms with Crippen molar-refractivity contribution >= 4 is 5.95 Å². The predicted molar refractivity (Wildman–Crippen MR) is 77.5 cm³/mol. The molecule has 1 heterocycles. The van der Waals surface area contributed by atoms with Gasteiger partial charge in [0.1, 0.15) is 0 Å². The standard InChI is InChI=1S/C15H25N3O/c1-11(2)13-9-12(3)17-14(18-13)16-10-15(5-6-15)7-8-19-4/h9,11H,5-8,10H2,1-4H3,(H,16,17,18). The van der Waals surface area contributed by atoms with Crippen LogP contribution in [0.1, 0.15) is 50.4 Å². The van der Waals surface area contributed by atoms with Crippen molar-refractivity contribution in [1.82, 2.24) is 9.97 Å². The lowest BCUT2D eigenvalue weighted by Gasteiger charge is -2.16. The molecular formula is C15H25N3O. The number of aromatic nitrogens is 2. The van der Waals surface area contributed by atoms with Crippen LogP contribution >= 0.6 is 0 Å². The van der Waals surface area contributed by atoms with Gasteiger partial charge in [0.25, 0.3) is 0 Å². The van der Waals surface area contributed by atoms with Crippen LogP contribution in [0.15, 0.2) is 6.07 Å². The molecule has 0 spiro atoms. The van der Waals surface area contributed by atoms with Gasteiger partial charge in [0.15, 0.2) is 0 Å². The number of methoxy groups -OCH3 is 1. The number of nitrogens with zero attached hydrogens (tertiary/aromatic N) is 2. The number of nitrogens with one attached hydrogen (secondary N) is 1. The first-order chi connectivity index (χ1) is 9.04. The molecule has 0 atom stereocenters. The molecule has 1 aliphatic carbocycles. The molecule has 4 heteroatoms. The molecule has 19 heavy (non-hydrogen) atoms. The van der Waals surface area contributed by atoms with Crippen molar-refractivity contribution in [1.29, 1.82) is 0 Å². The summed E-state index contributed by atoms with van der Waals surface area (Å²) in [4.78, 5) is 9.06. The summed E-state index contributed by atoms with van der Waals surface area (Å²) in [5.74, 6) is 1.21. The zero-order valence-electron chi connectivity index (χ0n) is 12.5. The van der Waals surface area contributed by atoms with E-state index in [0.717, 1.165) is 36.9 Å². The minimum Gasteiger partial charge on any atom is -0.385 e. The molecule has 0 unspecified atom stereocenters. The van der Waals surface area contributed by atoms with E-state index in [1.54, 1.807) is 7.11 Å². The monoisotopic (exact) mass is 263 g/mol. The summed E-state index contributed by atoms with van der Waals surface area (Å²) in [5, 5.41) is 3.41. The van der Waals surface area contributed by atoms with Crippen LogP contribution < -0.4 is 5.32 Å². The third kappa shape index (κ3) is 3.90. The van der Waals surface area contributed by atoms with E-state index >= 15 is 0 Å². The Balaban J connectivity index is 1.96. The maximum absolute atomic E-state index is 5.18. The van der Waals surface area contributed by atoms with Crippen LogP contribution in [0.3, 0.4) is 0 Å². The van der Waals surface area contributed by atoms with Crippen LogP contribution in [0, 0.1) is 12.3 Å². The predicted octanol–water partition coefficient (Wildman–Crippen LogP) is 3.14. The van der Waals surface area contributed by atoms with Crippen molar-refractivity contribution in [2.75, 3.05) is 25.6 Å². The van der Waals surface area contributed by atoms with Crippen LogP contribution in [0.25, 0.3) is 0 Å². The summed E-state index contributed by atoms with van der Waals surface area (Å²) in [7, 11) is 1.77. The highest BCUT2D eigenvalue weighted by atomic mass is 16.5. The Labute approximate surface area is 116 Å². The van der Waals surface area contributed by atoms with E-state index < -0.39 is 0 Å². The number of hydrogen-bond acceptors (Lipinski definition) is 4. The van der Waals surface area contributed by atoms with Crippen molar-refractivity contribution < 1.29 is 4.74 Å². The lowest BCUT2D eigenvalue weighted by Crippen LogP contribution is -2.19. The minimum atomic E-state index is 0.418. The smallest absolute Gasteiger partial charge is 0.223 e. The molecule has 0 aromatic carbocycles. The fourth-order valence-electron chi connectivity index (χ4n) is 2.24. The minimum absolute atomic E-state index is 0.418. The lowest BCUT2D eigenvalue weighted by molar-refractivity contribution is 0.174. The first-order valence-electron chi connectivity index (χ1n) is 7.13. The Morgan fingerprint density at radius 3 is 2.68 bits per heavy atom. The normalized spacial score (nSPS) is 16.7. The third-order valence-electron chi connectivity index (χ3n) is 3.88. The summed E-state index contributed by atoms with van der Waals surface area (Å²) >= 11 is 0.